The lowest BCUT2D eigenvalue weighted by Gasteiger charge is -2.34. The van der Waals surface area contributed by atoms with E-state index in [-0.39, 0.29) is 11.5 Å². The third kappa shape index (κ3) is 4.90. The normalized spacial score (nSPS) is 16.8. The van der Waals surface area contributed by atoms with Gasteiger partial charge >= 0.3 is 0 Å². The Morgan fingerprint density at radius 1 is 1.07 bits per heavy atom. The van der Waals surface area contributed by atoms with Gasteiger partial charge in [0.2, 0.25) is 0 Å². The molecule has 0 aliphatic heterocycles. The molecular formula is C26H32F2N2. The third-order valence-corrected chi connectivity index (χ3v) is 6.68. The molecule has 2 unspecified atom stereocenters. The van der Waals surface area contributed by atoms with Crippen molar-refractivity contribution >= 4 is 0 Å². The lowest BCUT2D eigenvalue weighted by Crippen LogP contribution is -2.39. The topological polar surface area (TPSA) is 27.0 Å². The summed E-state index contributed by atoms with van der Waals surface area (Å²) in [5.74, 6) is -1.13. The monoisotopic (exact) mass is 410 g/mol. The zero-order valence-corrected chi connectivity index (χ0v) is 18.1. The summed E-state index contributed by atoms with van der Waals surface area (Å²) in [5, 5.41) is 10.1. The van der Waals surface area contributed by atoms with Crippen LogP contribution in [-0.2, 0) is 11.8 Å². The molecule has 160 valence electrons. The number of hydrogen-bond donors (Lipinski definition) is 0. The van der Waals surface area contributed by atoms with E-state index in [1.807, 2.05) is 6.07 Å². The number of nitrogens with zero attached hydrogens (tertiary/aromatic N) is 2. The molecule has 0 N–H and O–H groups in total. The lowest BCUT2D eigenvalue weighted by molar-refractivity contribution is 0.180. The van der Waals surface area contributed by atoms with Crippen molar-refractivity contribution in [2.24, 2.45) is 5.92 Å². The molecule has 2 aromatic carbocycles. The maximum atomic E-state index is 14.7. The number of rotatable bonds is 11. The van der Waals surface area contributed by atoms with E-state index in [4.69, 9.17) is 0 Å². The molecule has 1 aliphatic rings. The van der Waals surface area contributed by atoms with Gasteiger partial charge in [-0.25, -0.2) is 8.78 Å². The average molecular weight is 411 g/mol. The Morgan fingerprint density at radius 3 is 2.27 bits per heavy atom. The van der Waals surface area contributed by atoms with Crippen LogP contribution in [0.2, 0.25) is 0 Å². The van der Waals surface area contributed by atoms with Crippen LogP contribution in [0.3, 0.4) is 0 Å². The molecule has 0 amide bonds. The molecule has 3 rings (SSSR count). The third-order valence-electron chi connectivity index (χ3n) is 6.68. The van der Waals surface area contributed by atoms with Crippen LogP contribution in [-0.4, -0.2) is 24.0 Å². The summed E-state index contributed by atoms with van der Waals surface area (Å²) in [4.78, 5) is 2.44. The summed E-state index contributed by atoms with van der Waals surface area (Å²) < 4.78 is 29.3. The van der Waals surface area contributed by atoms with Gasteiger partial charge in [0.15, 0.2) is 0 Å². The molecule has 2 atom stereocenters. The summed E-state index contributed by atoms with van der Waals surface area (Å²) >= 11 is 0. The number of hydrogen-bond acceptors (Lipinski definition) is 2. The number of benzene rings is 2. The van der Waals surface area contributed by atoms with Crippen molar-refractivity contribution in [2.75, 3.05) is 13.1 Å². The van der Waals surface area contributed by atoms with Gasteiger partial charge in [0.1, 0.15) is 11.6 Å². The minimum Gasteiger partial charge on any atom is -0.300 e. The fourth-order valence-corrected chi connectivity index (χ4v) is 4.79. The van der Waals surface area contributed by atoms with Gasteiger partial charge in [0, 0.05) is 18.2 Å². The van der Waals surface area contributed by atoms with Crippen molar-refractivity contribution in [1.29, 1.82) is 5.26 Å². The summed E-state index contributed by atoms with van der Waals surface area (Å²) in [6.07, 6.45) is 4.91. The molecule has 0 heterocycles. The standard InChI is InChI=1S/C26H32F2N2/c1-3-22(30(4-2)18-16-20-9-6-5-7-10-20)15-17-26(19-29,21-13-14-21)25-23(27)11-8-12-24(25)28/h5-12,21-22H,3-4,13-18H2,1-2H3. The van der Waals surface area contributed by atoms with Gasteiger partial charge in [-0.15, -0.1) is 0 Å². The minimum absolute atomic E-state index is 0.0165. The van der Waals surface area contributed by atoms with Gasteiger partial charge in [-0.05, 0) is 68.7 Å². The first-order chi connectivity index (χ1) is 14.6. The predicted molar refractivity (Wildman–Crippen MR) is 117 cm³/mol. The second-order valence-electron chi connectivity index (χ2n) is 8.42. The fourth-order valence-electron chi connectivity index (χ4n) is 4.79. The molecule has 1 aliphatic carbocycles. The zero-order chi connectivity index (χ0) is 21.6. The van der Waals surface area contributed by atoms with E-state index in [0.29, 0.717) is 12.5 Å². The Kier molecular flexibility index (Phi) is 7.61. The van der Waals surface area contributed by atoms with Crippen molar-refractivity contribution in [3.63, 3.8) is 0 Å². The maximum Gasteiger partial charge on any atom is 0.130 e. The number of nitriles is 1. The van der Waals surface area contributed by atoms with E-state index in [1.165, 1.54) is 23.8 Å². The van der Waals surface area contributed by atoms with Crippen LogP contribution in [0, 0.1) is 28.9 Å². The van der Waals surface area contributed by atoms with Crippen LogP contribution in [0.25, 0.3) is 0 Å². The van der Waals surface area contributed by atoms with Crippen LogP contribution >= 0.6 is 0 Å². The molecule has 2 nitrogen and oxygen atoms in total. The summed E-state index contributed by atoms with van der Waals surface area (Å²) in [5.41, 5.74) is 0.225. The SMILES string of the molecule is CCC(CCC(C#N)(c1c(F)cccc1F)C1CC1)N(CC)CCc1ccccc1. The zero-order valence-electron chi connectivity index (χ0n) is 18.1. The van der Waals surface area contributed by atoms with Gasteiger partial charge in [0.05, 0.1) is 11.5 Å². The Balaban J connectivity index is 1.75. The Morgan fingerprint density at radius 2 is 1.73 bits per heavy atom. The second kappa shape index (κ2) is 10.2. The highest BCUT2D eigenvalue weighted by Gasteiger charge is 2.49. The summed E-state index contributed by atoms with van der Waals surface area (Å²) in [6.45, 7) is 6.17. The Bertz CT molecular complexity index is 837. The van der Waals surface area contributed by atoms with Gasteiger partial charge in [0.25, 0.3) is 0 Å². The maximum absolute atomic E-state index is 14.7. The molecule has 4 heteroatoms. The average Bonchev–Trinajstić information content (AvgIpc) is 3.61. The van der Waals surface area contributed by atoms with Crippen molar-refractivity contribution in [3.8, 4) is 6.07 Å². The first kappa shape index (κ1) is 22.4. The van der Waals surface area contributed by atoms with E-state index in [1.54, 1.807) is 0 Å². The highest BCUT2D eigenvalue weighted by atomic mass is 19.1. The molecule has 1 fully saturated rings. The first-order valence-electron chi connectivity index (χ1n) is 11.2. The highest BCUT2D eigenvalue weighted by Crippen LogP contribution is 2.51. The van der Waals surface area contributed by atoms with Crippen LogP contribution in [0.15, 0.2) is 48.5 Å². The molecule has 1 saturated carbocycles. The van der Waals surface area contributed by atoms with Crippen molar-refractivity contribution < 1.29 is 8.78 Å². The van der Waals surface area contributed by atoms with Gasteiger partial charge in [-0.2, -0.15) is 5.26 Å². The van der Waals surface area contributed by atoms with Crippen LogP contribution in [0.4, 0.5) is 8.78 Å². The van der Waals surface area contributed by atoms with Gasteiger partial charge < -0.3 is 4.90 Å². The van der Waals surface area contributed by atoms with Crippen molar-refractivity contribution in [1.82, 2.24) is 4.90 Å². The van der Waals surface area contributed by atoms with Crippen LogP contribution in [0.5, 0.6) is 0 Å². The predicted octanol–water partition coefficient (Wildman–Crippen LogP) is 6.26. The number of likely N-dealkylation sites (N-methyl/N-ethyl adjacent to an activating group) is 1. The second-order valence-corrected chi connectivity index (χ2v) is 8.42. The Labute approximate surface area is 179 Å². The van der Waals surface area contributed by atoms with Crippen LogP contribution < -0.4 is 0 Å². The molecule has 0 radical (unpaired) electrons. The molecular weight excluding hydrogens is 378 g/mol. The smallest absolute Gasteiger partial charge is 0.130 e. The van der Waals surface area contributed by atoms with E-state index in [0.717, 1.165) is 45.2 Å². The first-order valence-corrected chi connectivity index (χ1v) is 11.2. The fraction of sp³-hybridized carbons (Fsp3) is 0.500. The minimum atomic E-state index is -1.07. The van der Waals surface area contributed by atoms with Gasteiger partial charge in [-0.1, -0.05) is 50.2 Å². The molecule has 30 heavy (non-hydrogen) atoms. The summed E-state index contributed by atoms with van der Waals surface area (Å²) in [7, 11) is 0. The molecule has 0 bridgehead atoms. The molecule has 0 aromatic heterocycles. The van der Waals surface area contributed by atoms with E-state index in [9.17, 15) is 14.0 Å². The molecule has 2 aromatic rings. The van der Waals surface area contributed by atoms with E-state index in [2.05, 4.69) is 49.1 Å². The molecule has 0 spiro atoms. The highest BCUT2D eigenvalue weighted by molar-refractivity contribution is 5.38. The van der Waals surface area contributed by atoms with Crippen molar-refractivity contribution in [2.45, 2.75) is 63.8 Å². The largest absolute Gasteiger partial charge is 0.300 e. The molecule has 0 saturated heterocycles. The quantitative estimate of drug-likeness (QED) is 0.437. The van der Waals surface area contributed by atoms with E-state index >= 15 is 0 Å². The van der Waals surface area contributed by atoms with Gasteiger partial charge in [-0.3, -0.25) is 0 Å². The van der Waals surface area contributed by atoms with Crippen LogP contribution in [0.1, 0.15) is 57.1 Å². The Hall–Kier alpha value is -2.25. The number of halogens is 2. The van der Waals surface area contributed by atoms with E-state index < -0.39 is 17.0 Å². The summed E-state index contributed by atoms with van der Waals surface area (Å²) in [6, 6.07) is 17.0. The lowest BCUT2D eigenvalue weighted by atomic mass is 9.72. The van der Waals surface area contributed by atoms with Crippen molar-refractivity contribution in [3.05, 3.63) is 71.3 Å².